The number of unbranched alkanes of at least 4 members (excludes halogenated alkanes) is 1. The third-order valence-electron chi connectivity index (χ3n) is 3.13. The molecule has 0 saturated carbocycles. The molecule has 2 rings (SSSR count). The Hall–Kier alpha value is -1.21. The molecule has 2 nitrogen and oxygen atoms in total. The molecule has 0 amide bonds. The van der Waals surface area contributed by atoms with Gasteiger partial charge in [-0.2, -0.15) is 0 Å². The molecule has 0 aromatic heterocycles. The Labute approximate surface area is 129 Å². The predicted molar refractivity (Wildman–Crippen MR) is 89.2 cm³/mol. The maximum atomic E-state index is 5.99. The van der Waals surface area contributed by atoms with Gasteiger partial charge < -0.3 is 9.05 Å². The lowest BCUT2D eigenvalue weighted by Crippen LogP contribution is -1.97. The van der Waals surface area contributed by atoms with E-state index in [4.69, 9.17) is 9.05 Å². The fraction of sp³-hybridized carbons (Fsp3) is 0.333. The number of benzene rings is 2. The van der Waals surface area contributed by atoms with Gasteiger partial charge in [-0.05, 0) is 17.5 Å². The quantitative estimate of drug-likeness (QED) is 0.567. The average molecular weight is 302 g/mol. The summed E-state index contributed by atoms with van der Waals surface area (Å²) in [7, 11) is -0.814. The molecule has 0 unspecified atom stereocenters. The van der Waals surface area contributed by atoms with Crippen molar-refractivity contribution in [2.45, 2.75) is 33.0 Å². The van der Waals surface area contributed by atoms with Gasteiger partial charge in [-0.1, -0.05) is 74.0 Å². The van der Waals surface area contributed by atoms with Gasteiger partial charge >= 0.3 is 0 Å². The van der Waals surface area contributed by atoms with Gasteiger partial charge in [-0.3, -0.25) is 0 Å². The lowest BCUT2D eigenvalue weighted by Gasteiger charge is -2.17. The summed E-state index contributed by atoms with van der Waals surface area (Å²) in [6.45, 7) is 3.46. The second kappa shape index (κ2) is 9.68. The van der Waals surface area contributed by atoms with Crippen LogP contribution in [0.15, 0.2) is 60.7 Å². The van der Waals surface area contributed by atoms with Crippen molar-refractivity contribution in [1.82, 2.24) is 0 Å². The molecule has 2 aromatic carbocycles. The Bertz CT molecular complexity index is 444. The van der Waals surface area contributed by atoms with Crippen molar-refractivity contribution in [2.75, 3.05) is 6.16 Å². The summed E-state index contributed by atoms with van der Waals surface area (Å²) in [6.07, 6.45) is 3.32. The van der Waals surface area contributed by atoms with Gasteiger partial charge in [0, 0.05) is 6.16 Å². The topological polar surface area (TPSA) is 18.5 Å². The Morgan fingerprint density at radius 1 is 0.762 bits per heavy atom. The van der Waals surface area contributed by atoms with E-state index in [9.17, 15) is 0 Å². The first-order valence-electron chi connectivity index (χ1n) is 7.49. The lowest BCUT2D eigenvalue weighted by atomic mass is 10.2. The summed E-state index contributed by atoms with van der Waals surface area (Å²) >= 11 is 0. The average Bonchev–Trinajstić information content (AvgIpc) is 2.56. The number of hydrogen-bond acceptors (Lipinski definition) is 2. The molecule has 0 heterocycles. The van der Waals surface area contributed by atoms with Crippen LogP contribution in [-0.4, -0.2) is 6.16 Å². The molecular weight excluding hydrogens is 279 g/mol. The molecule has 0 fully saturated rings. The van der Waals surface area contributed by atoms with Crippen LogP contribution in [0.1, 0.15) is 30.9 Å². The fourth-order valence-electron chi connectivity index (χ4n) is 1.90. The molecule has 0 N–H and O–H groups in total. The zero-order valence-electron chi connectivity index (χ0n) is 12.6. The Morgan fingerprint density at radius 3 is 1.67 bits per heavy atom. The van der Waals surface area contributed by atoms with E-state index in [1.807, 2.05) is 36.4 Å². The highest BCUT2D eigenvalue weighted by Crippen LogP contribution is 2.41. The first-order chi connectivity index (χ1) is 10.4. The first kappa shape index (κ1) is 16.2. The van der Waals surface area contributed by atoms with E-state index in [0.717, 1.165) is 12.6 Å². The SMILES string of the molecule is CCCCP(OCc1ccccc1)OCc1ccccc1. The van der Waals surface area contributed by atoms with Crippen molar-refractivity contribution < 1.29 is 9.05 Å². The van der Waals surface area contributed by atoms with Crippen LogP contribution in [0.25, 0.3) is 0 Å². The minimum atomic E-state index is -0.814. The van der Waals surface area contributed by atoms with Crippen molar-refractivity contribution in [3.63, 3.8) is 0 Å². The second-order valence-electron chi connectivity index (χ2n) is 4.93. The van der Waals surface area contributed by atoms with Crippen molar-refractivity contribution in [2.24, 2.45) is 0 Å². The number of hydrogen-bond donors (Lipinski definition) is 0. The smallest absolute Gasteiger partial charge is 0.171 e. The fourth-order valence-corrected chi connectivity index (χ4v) is 3.39. The number of rotatable bonds is 9. The molecule has 3 heteroatoms. The summed E-state index contributed by atoms with van der Waals surface area (Å²) in [5.41, 5.74) is 2.40. The van der Waals surface area contributed by atoms with E-state index in [0.29, 0.717) is 13.2 Å². The second-order valence-corrected chi connectivity index (χ2v) is 6.56. The van der Waals surface area contributed by atoms with Crippen LogP contribution in [0.5, 0.6) is 0 Å². The monoisotopic (exact) mass is 302 g/mol. The Kier molecular flexibility index (Phi) is 7.45. The molecule has 0 atom stereocenters. The normalized spacial score (nSPS) is 11.0. The van der Waals surface area contributed by atoms with Crippen molar-refractivity contribution in [3.05, 3.63) is 71.8 Å². The zero-order valence-corrected chi connectivity index (χ0v) is 13.5. The third-order valence-corrected chi connectivity index (χ3v) is 4.65. The molecular formula is C18H23O2P. The van der Waals surface area contributed by atoms with Crippen molar-refractivity contribution in [3.8, 4) is 0 Å². The van der Waals surface area contributed by atoms with E-state index in [1.165, 1.54) is 17.5 Å². The predicted octanol–water partition coefficient (Wildman–Crippen LogP) is 5.53. The maximum Gasteiger partial charge on any atom is 0.171 e. The van der Waals surface area contributed by atoms with Gasteiger partial charge in [0.25, 0.3) is 0 Å². The molecule has 0 spiro atoms. The molecule has 0 saturated heterocycles. The van der Waals surface area contributed by atoms with Crippen LogP contribution in [0.3, 0.4) is 0 Å². The molecule has 0 bridgehead atoms. The Morgan fingerprint density at radius 2 is 1.24 bits per heavy atom. The van der Waals surface area contributed by atoms with Gasteiger partial charge in [0.2, 0.25) is 0 Å². The van der Waals surface area contributed by atoms with Crippen molar-refractivity contribution in [1.29, 1.82) is 0 Å². The third kappa shape index (κ3) is 6.39. The largest absolute Gasteiger partial charge is 0.329 e. The standard InChI is InChI=1S/C18H23O2P/c1-2-3-14-21(19-15-17-10-6-4-7-11-17)20-16-18-12-8-5-9-13-18/h4-13H,2-3,14-16H2,1H3. The van der Waals surface area contributed by atoms with Crippen LogP contribution < -0.4 is 0 Å². The Balaban J connectivity index is 1.82. The van der Waals surface area contributed by atoms with Crippen LogP contribution in [0.4, 0.5) is 0 Å². The van der Waals surface area contributed by atoms with E-state index in [-0.39, 0.29) is 0 Å². The van der Waals surface area contributed by atoms with Crippen LogP contribution in [-0.2, 0) is 22.3 Å². The summed E-state index contributed by atoms with van der Waals surface area (Å²) in [6, 6.07) is 20.6. The van der Waals surface area contributed by atoms with E-state index in [2.05, 4.69) is 31.2 Å². The molecule has 0 aliphatic heterocycles. The van der Waals surface area contributed by atoms with E-state index in [1.54, 1.807) is 0 Å². The van der Waals surface area contributed by atoms with Gasteiger partial charge in [-0.25, -0.2) is 0 Å². The molecule has 2 aromatic rings. The van der Waals surface area contributed by atoms with Gasteiger partial charge in [0.15, 0.2) is 8.38 Å². The van der Waals surface area contributed by atoms with E-state index >= 15 is 0 Å². The highest BCUT2D eigenvalue weighted by atomic mass is 31.2. The van der Waals surface area contributed by atoms with Crippen molar-refractivity contribution >= 4 is 8.38 Å². The van der Waals surface area contributed by atoms with Crippen LogP contribution >= 0.6 is 8.38 Å². The first-order valence-corrected chi connectivity index (χ1v) is 8.86. The zero-order chi connectivity index (χ0) is 14.8. The van der Waals surface area contributed by atoms with Gasteiger partial charge in [-0.15, -0.1) is 0 Å². The highest BCUT2D eigenvalue weighted by Gasteiger charge is 2.10. The summed E-state index contributed by atoms with van der Waals surface area (Å²) < 4.78 is 12.0. The van der Waals surface area contributed by atoms with Crippen LogP contribution in [0.2, 0.25) is 0 Å². The summed E-state index contributed by atoms with van der Waals surface area (Å²) in [5, 5.41) is 0. The molecule has 112 valence electrons. The molecule has 0 aliphatic carbocycles. The maximum absolute atomic E-state index is 5.99. The minimum absolute atomic E-state index is 0.630. The summed E-state index contributed by atoms with van der Waals surface area (Å²) in [4.78, 5) is 0. The van der Waals surface area contributed by atoms with Gasteiger partial charge in [0.05, 0.1) is 13.2 Å². The summed E-state index contributed by atoms with van der Waals surface area (Å²) in [5.74, 6) is 0. The molecule has 21 heavy (non-hydrogen) atoms. The molecule has 0 radical (unpaired) electrons. The highest BCUT2D eigenvalue weighted by molar-refractivity contribution is 7.47. The van der Waals surface area contributed by atoms with Crippen LogP contribution in [0, 0.1) is 0 Å². The van der Waals surface area contributed by atoms with E-state index < -0.39 is 8.38 Å². The lowest BCUT2D eigenvalue weighted by molar-refractivity contribution is 0.235. The minimum Gasteiger partial charge on any atom is -0.329 e. The molecule has 0 aliphatic rings. The van der Waals surface area contributed by atoms with Gasteiger partial charge in [0.1, 0.15) is 0 Å².